The maximum absolute atomic E-state index is 12.6. The van der Waals surface area contributed by atoms with Crippen molar-refractivity contribution in [1.29, 1.82) is 0 Å². The van der Waals surface area contributed by atoms with Gasteiger partial charge in [0.1, 0.15) is 5.82 Å². The zero-order valence-corrected chi connectivity index (χ0v) is 14.1. The topological polar surface area (TPSA) is 104 Å². The number of aromatic amines is 1. The van der Waals surface area contributed by atoms with E-state index in [0.29, 0.717) is 15.9 Å². The number of amides is 2. The Kier molecular flexibility index (Phi) is 4.59. The molecule has 0 fully saturated rings. The molecule has 124 valence electrons. The number of thioether (sulfide) groups is 1. The first-order chi connectivity index (χ1) is 11.5. The Morgan fingerprint density at radius 3 is 2.83 bits per heavy atom. The zero-order valence-electron chi connectivity index (χ0n) is 12.6. The summed E-state index contributed by atoms with van der Waals surface area (Å²) in [4.78, 5) is 43.6. The number of H-pyrrole nitrogens is 1. The number of anilines is 2. The van der Waals surface area contributed by atoms with Crippen LogP contribution in [0, 0.1) is 0 Å². The molecule has 1 aromatic heterocycles. The first-order valence-corrected chi connectivity index (χ1v) is 8.63. The molecule has 9 heteroatoms. The second-order valence-electron chi connectivity index (χ2n) is 5.11. The van der Waals surface area contributed by atoms with Gasteiger partial charge in [0, 0.05) is 6.42 Å². The number of rotatable bonds is 3. The molecule has 1 aromatic carbocycles. The number of benzene rings is 1. The quantitative estimate of drug-likeness (QED) is 0.572. The van der Waals surface area contributed by atoms with Crippen LogP contribution in [0.2, 0.25) is 5.02 Å². The molecule has 1 atom stereocenters. The summed E-state index contributed by atoms with van der Waals surface area (Å²) in [6.45, 7) is 0. The second-order valence-corrected chi connectivity index (χ2v) is 6.31. The van der Waals surface area contributed by atoms with Crippen LogP contribution in [0.25, 0.3) is 0 Å². The van der Waals surface area contributed by atoms with Crippen LogP contribution in [0.15, 0.2) is 34.2 Å². The zero-order chi connectivity index (χ0) is 17.3. The summed E-state index contributed by atoms with van der Waals surface area (Å²) in [5.74, 6) is -1.66. The van der Waals surface area contributed by atoms with Crippen molar-refractivity contribution in [2.75, 3.05) is 16.9 Å². The Morgan fingerprint density at radius 1 is 1.38 bits per heavy atom. The fraction of sp³-hybridized carbons (Fsp3) is 0.200. The highest BCUT2D eigenvalue weighted by molar-refractivity contribution is 7.98. The fourth-order valence-electron chi connectivity index (χ4n) is 2.45. The van der Waals surface area contributed by atoms with E-state index in [4.69, 9.17) is 11.6 Å². The van der Waals surface area contributed by atoms with Crippen molar-refractivity contribution in [3.8, 4) is 0 Å². The van der Waals surface area contributed by atoms with Gasteiger partial charge in [-0.25, -0.2) is 4.98 Å². The van der Waals surface area contributed by atoms with Crippen LogP contribution in [-0.4, -0.2) is 28.0 Å². The lowest BCUT2D eigenvalue weighted by Crippen LogP contribution is -2.36. The molecule has 0 spiro atoms. The van der Waals surface area contributed by atoms with E-state index in [0.717, 1.165) is 0 Å². The Morgan fingerprint density at radius 2 is 2.12 bits per heavy atom. The molecule has 1 aliphatic heterocycles. The van der Waals surface area contributed by atoms with Crippen LogP contribution in [0.4, 0.5) is 11.5 Å². The highest BCUT2D eigenvalue weighted by Gasteiger charge is 2.34. The van der Waals surface area contributed by atoms with Crippen LogP contribution in [-0.2, 0) is 9.59 Å². The van der Waals surface area contributed by atoms with Gasteiger partial charge in [-0.3, -0.25) is 14.4 Å². The number of nitrogens with one attached hydrogen (secondary N) is 3. The largest absolute Gasteiger partial charge is 0.324 e. The predicted octanol–water partition coefficient (Wildman–Crippen LogP) is 2.21. The minimum absolute atomic E-state index is 0.124. The van der Waals surface area contributed by atoms with Gasteiger partial charge in [-0.15, -0.1) is 0 Å². The number of hydrogen-bond donors (Lipinski definition) is 3. The van der Waals surface area contributed by atoms with E-state index in [1.165, 1.54) is 11.8 Å². The summed E-state index contributed by atoms with van der Waals surface area (Å²) in [5.41, 5.74) is 0.127. The summed E-state index contributed by atoms with van der Waals surface area (Å²) >= 11 is 7.27. The van der Waals surface area contributed by atoms with Crippen LogP contribution in [0.5, 0.6) is 0 Å². The number of para-hydroxylation sites is 1. The molecule has 0 unspecified atom stereocenters. The smallest absolute Gasteiger partial charge is 0.257 e. The van der Waals surface area contributed by atoms with Crippen molar-refractivity contribution in [3.63, 3.8) is 0 Å². The van der Waals surface area contributed by atoms with Gasteiger partial charge < -0.3 is 15.6 Å². The maximum atomic E-state index is 12.6. The third-order valence-electron chi connectivity index (χ3n) is 3.57. The van der Waals surface area contributed by atoms with Gasteiger partial charge >= 0.3 is 0 Å². The Balaban J connectivity index is 1.98. The summed E-state index contributed by atoms with van der Waals surface area (Å²) < 4.78 is 0. The third-order valence-corrected chi connectivity index (χ3v) is 4.48. The SMILES string of the molecule is CSc1nc2c(c(=O)[nH]1)[C@H](C(=O)Nc1ccccc1Cl)CC(=O)N2. The molecule has 2 aromatic rings. The average Bonchev–Trinajstić information content (AvgIpc) is 2.55. The average molecular weight is 365 g/mol. The standard InChI is InChI=1S/C15H13ClN4O3S/c1-24-15-19-12-11(14(23)20-15)7(6-10(21)18-12)13(22)17-9-5-3-2-4-8(9)16/h2-5,7H,6H2,1H3,(H,17,22)(H2,18,19,20,21,23)/t7-/m1/s1. The van der Waals surface area contributed by atoms with Crippen molar-refractivity contribution in [2.24, 2.45) is 0 Å². The van der Waals surface area contributed by atoms with E-state index >= 15 is 0 Å². The summed E-state index contributed by atoms with van der Waals surface area (Å²) in [5, 5.41) is 5.94. The highest BCUT2D eigenvalue weighted by Crippen LogP contribution is 2.31. The molecule has 3 rings (SSSR count). The number of carbonyl (C=O) groups is 2. The monoisotopic (exact) mass is 364 g/mol. The molecule has 24 heavy (non-hydrogen) atoms. The molecule has 7 nitrogen and oxygen atoms in total. The molecule has 2 amide bonds. The highest BCUT2D eigenvalue weighted by atomic mass is 35.5. The molecule has 0 aliphatic carbocycles. The van der Waals surface area contributed by atoms with Gasteiger partial charge in [-0.05, 0) is 18.4 Å². The van der Waals surface area contributed by atoms with Gasteiger partial charge in [0.25, 0.3) is 5.56 Å². The third kappa shape index (κ3) is 3.15. The number of carbonyl (C=O) groups excluding carboxylic acids is 2. The molecule has 3 N–H and O–H groups in total. The molecule has 0 bridgehead atoms. The minimum Gasteiger partial charge on any atom is -0.324 e. The predicted molar refractivity (Wildman–Crippen MR) is 92.7 cm³/mol. The lowest BCUT2D eigenvalue weighted by molar-refractivity contribution is -0.123. The van der Waals surface area contributed by atoms with Gasteiger partial charge in [0.05, 0.1) is 22.2 Å². The van der Waals surface area contributed by atoms with Crippen molar-refractivity contribution in [2.45, 2.75) is 17.5 Å². The molecule has 0 saturated heterocycles. The number of nitrogens with zero attached hydrogens (tertiary/aromatic N) is 1. The summed E-state index contributed by atoms with van der Waals surface area (Å²) in [6, 6.07) is 6.74. The number of hydrogen-bond acceptors (Lipinski definition) is 5. The van der Waals surface area contributed by atoms with Gasteiger partial charge in [-0.1, -0.05) is 35.5 Å². The van der Waals surface area contributed by atoms with Crippen molar-refractivity contribution in [1.82, 2.24) is 9.97 Å². The molecular weight excluding hydrogens is 352 g/mol. The lowest BCUT2D eigenvalue weighted by Gasteiger charge is -2.23. The molecular formula is C15H13ClN4O3S. The molecule has 0 radical (unpaired) electrons. The van der Waals surface area contributed by atoms with Crippen molar-refractivity contribution in [3.05, 3.63) is 45.2 Å². The Labute approximate surface area is 146 Å². The molecule has 0 saturated carbocycles. The number of halogens is 1. The van der Waals surface area contributed by atoms with Crippen molar-refractivity contribution < 1.29 is 9.59 Å². The van der Waals surface area contributed by atoms with E-state index in [2.05, 4.69) is 20.6 Å². The van der Waals surface area contributed by atoms with E-state index in [1.807, 2.05) is 0 Å². The number of aromatic nitrogens is 2. The Bertz CT molecular complexity index is 883. The van der Waals surface area contributed by atoms with E-state index < -0.39 is 17.4 Å². The van der Waals surface area contributed by atoms with Crippen LogP contribution < -0.4 is 16.2 Å². The second kappa shape index (κ2) is 6.66. The van der Waals surface area contributed by atoms with E-state index in [-0.39, 0.29) is 23.7 Å². The van der Waals surface area contributed by atoms with Gasteiger partial charge in [0.2, 0.25) is 11.8 Å². The molecule has 1 aliphatic rings. The van der Waals surface area contributed by atoms with E-state index in [1.54, 1.807) is 30.5 Å². The maximum Gasteiger partial charge on any atom is 0.257 e. The molecule has 2 heterocycles. The number of fused-ring (bicyclic) bond motifs is 1. The van der Waals surface area contributed by atoms with Crippen LogP contribution in [0.3, 0.4) is 0 Å². The van der Waals surface area contributed by atoms with Crippen LogP contribution >= 0.6 is 23.4 Å². The summed E-state index contributed by atoms with van der Waals surface area (Å²) in [6.07, 6.45) is 1.61. The Hall–Kier alpha value is -2.32. The lowest BCUT2D eigenvalue weighted by atomic mass is 9.92. The fourth-order valence-corrected chi connectivity index (χ4v) is 3.01. The van der Waals surface area contributed by atoms with E-state index in [9.17, 15) is 14.4 Å². The van der Waals surface area contributed by atoms with Gasteiger partial charge in [-0.2, -0.15) is 0 Å². The van der Waals surface area contributed by atoms with Crippen LogP contribution in [0.1, 0.15) is 17.9 Å². The van der Waals surface area contributed by atoms with Crippen molar-refractivity contribution >= 4 is 46.7 Å². The summed E-state index contributed by atoms with van der Waals surface area (Å²) in [7, 11) is 0. The van der Waals surface area contributed by atoms with Gasteiger partial charge in [0.15, 0.2) is 5.16 Å². The first kappa shape index (κ1) is 16.5. The normalized spacial score (nSPS) is 16.2. The minimum atomic E-state index is -0.933. The first-order valence-electron chi connectivity index (χ1n) is 7.03.